The SMILES string of the molecule is FN1CC=CC=C1C(F)(F)F. The first-order valence-electron chi connectivity index (χ1n) is 2.89. The van der Waals surface area contributed by atoms with Gasteiger partial charge in [-0.05, 0) is 6.08 Å². The maximum atomic E-state index is 12.3. The van der Waals surface area contributed by atoms with E-state index in [1.54, 1.807) is 0 Å². The van der Waals surface area contributed by atoms with Crippen molar-refractivity contribution in [3.63, 3.8) is 0 Å². The highest BCUT2D eigenvalue weighted by atomic mass is 19.4. The van der Waals surface area contributed by atoms with Gasteiger partial charge in [0.25, 0.3) is 0 Å². The zero-order valence-corrected chi connectivity index (χ0v) is 5.40. The van der Waals surface area contributed by atoms with Gasteiger partial charge in [-0.1, -0.05) is 16.6 Å². The minimum atomic E-state index is -4.60. The monoisotopic (exact) mass is 167 g/mol. The number of allylic oxidation sites excluding steroid dienone is 3. The minimum absolute atomic E-state index is 0.333. The molecule has 0 atom stereocenters. The molecule has 11 heavy (non-hydrogen) atoms. The Kier molecular flexibility index (Phi) is 1.89. The molecule has 0 amide bonds. The molecule has 0 aromatic carbocycles. The first kappa shape index (κ1) is 8.10. The highest BCUT2D eigenvalue weighted by Crippen LogP contribution is 2.29. The fourth-order valence-electron chi connectivity index (χ4n) is 0.724. The van der Waals surface area contributed by atoms with E-state index in [1.807, 2.05) is 0 Å². The Morgan fingerprint density at radius 1 is 1.36 bits per heavy atom. The van der Waals surface area contributed by atoms with Gasteiger partial charge in [0, 0.05) is 0 Å². The van der Waals surface area contributed by atoms with Gasteiger partial charge in [-0.3, -0.25) is 0 Å². The quantitative estimate of drug-likeness (QED) is 0.395. The van der Waals surface area contributed by atoms with E-state index >= 15 is 0 Å². The second kappa shape index (κ2) is 2.56. The topological polar surface area (TPSA) is 3.24 Å². The van der Waals surface area contributed by atoms with Crippen LogP contribution in [0.15, 0.2) is 23.9 Å². The molecule has 0 N–H and O–H groups in total. The number of nitrogens with zero attached hydrogens (tertiary/aromatic N) is 1. The van der Waals surface area contributed by atoms with Crippen LogP contribution >= 0.6 is 0 Å². The van der Waals surface area contributed by atoms with Crippen molar-refractivity contribution in [2.75, 3.05) is 6.54 Å². The standard InChI is InChI=1S/C6H5F4N/c7-6(8,9)5-3-1-2-4-11(5)10/h1-3H,4H2. The van der Waals surface area contributed by atoms with E-state index in [9.17, 15) is 17.7 Å². The van der Waals surface area contributed by atoms with Gasteiger partial charge in [-0.2, -0.15) is 13.2 Å². The molecule has 1 aliphatic rings. The zero-order valence-electron chi connectivity index (χ0n) is 5.40. The summed E-state index contributed by atoms with van der Waals surface area (Å²) >= 11 is 0. The molecule has 0 saturated heterocycles. The van der Waals surface area contributed by atoms with Crippen LogP contribution in [0.5, 0.6) is 0 Å². The van der Waals surface area contributed by atoms with Crippen molar-refractivity contribution >= 4 is 0 Å². The average Bonchev–Trinajstić information content (AvgIpc) is 1.86. The Hall–Kier alpha value is -1.00. The Balaban J connectivity index is 2.84. The van der Waals surface area contributed by atoms with E-state index in [4.69, 9.17) is 0 Å². The molecule has 0 radical (unpaired) electrons. The van der Waals surface area contributed by atoms with Crippen LogP contribution in [-0.4, -0.2) is 17.8 Å². The van der Waals surface area contributed by atoms with Gasteiger partial charge in [-0.15, -0.1) is 0 Å². The van der Waals surface area contributed by atoms with Crippen LogP contribution in [-0.2, 0) is 0 Å². The largest absolute Gasteiger partial charge is 0.433 e. The third-order valence-electron chi connectivity index (χ3n) is 1.21. The van der Waals surface area contributed by atoms with Crippen LogP contribution in [0.1, 0.15) is 0 Å². The molecule has 5 heteroatoms. The molecule has 1 nitrogen and oxygen atoms in total. The van der Waals surface area contributed by atoms with Crippen molar-refractivity contribution in [3.8, 4) is 0 Å². The van der Waals surface area contributed by atoms with Crippen molar-refractivity contribution in [3.05, 3.63) is 23.9 Å². The number of halogens is 4. The highest BCUT2D eigenvalue weighted by molar-refractivity contribution is 5.19. The molecule has 0 aromatic rings. The summed E-state index contributed by atoms with van der Waals surface area (Å²) in [5, 5.41) is -0.333. The lowest BCUT2D eigenvalue weighted by molar-refractivity contribution is -0.133. The van der Waals surface area contributed by atoms with E-state index in [2.05, 4.69) is 0 Å². The Morgan fingerprint density at radius 3 is 2.36 bits per heavy atom. The lowest BCUT2D eigenvalue weighted by atomic mass is 10.3. The maximum Gasteiger partial charge on any atom is 0.433 e. The van der Waals surface area contributed by atoms with E-state index in [1.165, 1.54) is 12.2 Å². The van der Waals surface area contributed by atoms with Gasteiger partial charge in [0.15, 0.2) is 5.70 Å². The van der Waals surface area contributed by atoms with Crippen LogP contribution in [0.3, 0.4) is 0 Å². The summed E-state index contributed by atoms with van der Waals surface area (Å²) in [7, 11) is 0. The zero-order chi connectivity index (χ0) is 8.48. The van der Waals surface area contributed by atoms with Crippen molar-refractivity contribution in [2.45, 2.75) is 6.18 Å². The normalized spacial score (nSPS) is 18.5. The molecule has 0 saturated carbocycles. The van der Waals surface area contributed by atoms with Crippen LogP contribution in [0.4, 0.5) is 17.7 Å². The summed E-state index contributed by atoms with van der Waals surface area (Å²) in [5.74, 6) is 0. The summed E-state index contributed by atoms with van der Waals surface area (Å²) in [6.45, 7) is -0.342. The molecule has 0 aliphatic carbocycles. The fourth-order valence-corrected chi connectivity index (χ4v) is 0.724. The van der Waals surface area contributed by atoms with E-state index in [-0.39, 0.29) is 11.7 Å². The number of alkyl halides is 3. The molecule has 1 heterocycles. The molecule has 0 unspecified atom stereocenters. The molecule has 0 spiro atoms. The molecule has 0 fully saturated rings. The third-order valence-corrected chi connectivity index (χ3v) is 1.21. The maximum absolute atomic E-state index is 12.3. The molecule has 0 bridgehead atoms. The summed E-state index contributed by atoms with van der Waals surface area (Å²) in [6, 6.07) is 0. The summed E-state index contributed by atoms with van der Waals surface area (Å²) < 4.78 is 47.8. The minimum Gasteiger partial charge on any atom is -0.203 e. The van der Waals surface area contributed by atoms with Crippen molar-refractivity contribution < 1.29 is 17.7 Å². The molecule has 0 aromatic heterocycles. The van der Waals surface area contributed by atoms with Gasteiger partial charge >= 0.3 is 6.18 Å². The summed E-state index contributed by atoms with van der Waals surface area (Å²) in [5.41, 5.74) is -1.25. The summed E-state index contributed by atoms with van der Waals surface area (Å²) in [6.07, 6.45) is -1.42. The predicted molar refractivity (Wildman–Crippen MR) is 31.1 cm³/mol. The molecule has 1 rings (SSSR count). The first-order valence-corrected chi connectivity index (χ1v) is 2.89. The predicted octanol–water partition coefficient (Wildman–Crippen LogP) is 2.19. The van der Waals surface area contributed by atoms with Crippen LogP contribution in [0.25, 0.3) is 0 Å². The fraction of sp³-hybridized carbons (Fsp3) is 0.333. The lowest BCUT2D eigenvalue weighted by Gasteiger charge is -2.19. The number of rotatable bonds is 0. The lowest BCUT2D eigenvalue weighted by Crippen LogP contribution is -2.27. The number of hydrogen-bond acceptors (Lipinski definition) is 1. The van der Waals surface area contributed by atoms with Crippen molar-refractivity contribution in [1.82, 2.24) is 5.12 Å². The first-order chi connectivity index (χ1) is 5.02. The van der Waals surface area contributed by atoms with E-state index in [0.717, 1.165) is 0 Å². The van der Waals surface area contributed by atoms with Gasteiger partial charge in [0.1, 0.15) is 0 Å². The second-order valence-corrected chi connectivity index (χ2v) is 2.02. The molecule has 1 aliphatic heterocycles. The summed E-state index contributed by atoms with van der Waals surface area (Å²) in [4.78, 5) is 0. The highest BCUT2D eigenvalue weighted by Gasteiger charge is 2.38. The molecule has 62 valence electrons. The Morgan fingerprint density at radius 2 is 2.00 bits per heavy atom. The third kappa shape index (κ3) is 1.72. The van der Waals surface area contributed by atoms with Gasteiger partial charge in [0.2, 0.25) is 0 Å². The van der Waals surface area contributed by atoms with E-state index < -0.39 is 11.9 Å². The van der Waals surface area contributed by atoms with Gasteiger partial charge in [-0.25, -0.2) is 5.12 Å². The Labute approximate surface area is 60.5 Å². The van der Waals surface area contributed by atoms with Crippen LogP contribution in [0, 0.1) is 0 Å². The van der Waals surface area contributed by atoms with E-state index in [0.29, 0.717) is 6.08 Å². The van der Waals surface area contributed by atoms with Crippen LogP contribution in [0.2, 0.25) is 0 Å². The van der Waals surface area contributed by atoms with Crippen molar-refractivity contribution in [1.29, 1.82) is 0 Å². The van der Waals surface area contributed by atoms with Crippen LogP contribution < -0.4 is 0 Å². The number of hydrogen-bond donors (Lipinski definition) is 0. The molecular weight excluding hydrogens is 162 g/mol. The van der Waals surface area contributed by atoms with Crippen molar-refractivity contribution in [2.24, 2.45) is 0 Å². The molecular formula is C6H5F4N. The van der Waals surface area contributed by atoms with Gasteiger partial charge in [0.05, 0.1) is 6.54 Å². The van der Waals surface area contributed by atoms with Gasteiger partial charge < -0.3 is 0 Å². The average molecular weight is 167 g/mol. The second-order valence-electron chi connectivity index (χ2n) is 2.02. The Bertz CT molecular complexity index is 203. The smallest absolute Gasteiger partial charge is 0.203 e.